The summed E-state index contributed by atoms with van der Waals surface area (Å²) < 4.78 is 20.1. The van der Waals surface area contributed by atoms with Gasteiger partial charge in [0.05, 0.1) is 29.2 Å². The Hall–Kier alpha value is -3.02. The summed E-state index contributed by atoms with van der Waals surface area (Å²) >= 11 is 0. The molecule has 6 heteroatoms. The second-order valence-corrected chi connectivity index (χ2v) is 5.93. The summed E-state index contributed by atoms with van der Waals surface area (Å²) in [6.45, 7) is 0.601. The van der Waals surface area contributed by atoms with Gasteiger partial charge in [-0.1, -0.05) is 18.2 Å². The highest BCUT2D eigenvalue weighted by Gasteiger charge is 2.23. The van der Waals surface area contributed by atoms with E-state index in [0.717, 1.165) is 24.2 Å². The van der Waals surface area contributed by atoms with E-state index >= 15 is 0 Å². The molecule has 0 saturated heterocycles. The van der Waals surface area contributed by atoms with Gasteiger partial charge in [0, 0.05) is 24.0 Å². The first-order valence-corrected chi connectivity index (χ1v) is 8.15. The molecule has 126 valence electrons. The van der Waals surface area contributed by atoms with Gasteiger partial charge in [-0.15, -0.1) is 0 Å². The molecule has 1 amide bonds. The molecule has 5 nitrogen and oxygen atoms in total. The van der Waals surface area contributed by atoms with Gasteiger partial charge in [-0.25, -0.2) is 4.39 Å². The number of carbonyl (C=O) groups excluding carboxylic acids is 1. The smallest absolute Gasteiger partial charge is 0.254 e. The Bertz CT molecular complexity index is 945. The minimum absolute atomic E-state index is 0.0318. The van der Waals surface area contributed by atoms with E-state index in [-0.39, 0.29) is 11.6 Å². The fourth-order valence-electron chi connectivity index (χ4n) is 3.07. The van der Waals surface area contributed by atoms with Crippen LogP contribution < -0.4 is 10.1 Å². The molecule has 2 aromatic carbocycles. The molecule has 4 rings (SSSR count). The first-order valence-electron chi connectivity index (χ1n) is 8.15. The van der Waals surface area contributed by atoms with Crippen LogP contribution in [0.5, 0.6) is 5.75 Å². The Kier molecular flexibility index (Phi) is 4.01. The molecule has 0 saturated carbocycles. The van der Waals surface area contributed by atoms with Crippen molar-refractivity contribution in [3.8, 4) is 5.75 Å². The lowest BCUT2D eigenvalue weighted by atomic mass is 10.0. The van der Waals surface area contributed by atoms with Crippen LogP contribution in [0.3, 0.4) is 0 Å². The number of benzene rings is 2. The van der Waals surface area contributed by atoms with Gasteiger partial charge in [0.15, 0.2) is 0 Å². The Labute approximate surface area is 143 Å². The normalized spacial score (nSPS) is 16.6. The molecule has 2 heterocycles. The Balaban J connectivity index is 1.65. The molecule has 0 bridgehead atoms. The van der Waals surface area contributed by atoms with E-state index in [1.165, 1.54) is 24.5 Å². The summed E-state index contributed by atoms with van der Waals surface area (Å²) in [6.07, 6.45) is 4.55. The zero-order valence-corrected chi connectivity index (χ0v) is 13.4. The van der Waals surface area contributed by atoms with Crippen molar-refractivity contribution in [1.29, 1.82) is 0 Å². The molecule has 0 spiro atoms. The average Bonchev–Trinajstić information content (AvgIpc) is 2.83. The molecule has 1 aliphatic rings. The number of para-hydroxylation sites is 1. The van der Waals surface area contributed by atoms with Crippen LogP contribution in [0.2, 0.25) is 0 Å². The summed E-state index contributed by atoms with van der Waals surface area (Å²) in [5, 5.41) is 2.93. The maximum atomic E-state index is 14.3. The number of hydrogen-bond acceptors (Lipinski definition) is 4. The third-order valence-corrected chi connectivity index (χ3v) is 4.30. The van der Waals surface area contributed by atoms with Crippen molar-refractivity contribution in [3.63, 3.8) is 0 Å². The van der Waals surface area contributed by atoms with E-state index in [0.29, 0.717) is 17.6 Å². The second kappa shape index (κ2) is 6.47. The zero-order chi connectivity index (χ0) is 17.2. The number of halogens is 1. The molecule has 1 aromatic heterocycles. The molecule has 1 aliphatic heterocycles. The van der Waals surface area contributed by atoms with Gasteiger partial charge in [-0.05, 0) is 25.0 Å². The van der Waals surface area contributed by atoms with Gasteiger partial charge in [0.1, 0.15) is 11.6 Å². The topological polar surface area (TPSA) is 64.1 Å². The maximum absolute atomic E-state index is 14.3. The van der Waals surface area contributed by atoms with Gasteiger partial charge in [0.2, 0.25) is 0 Å². The number of fused-ring (bicyclic) bond motifs is 2. The molecular weight excluding hydrogens is 321 g/mol. The summed E-state index contributed by atoms with van der Waals surface area (Å²) in [5.41, 5.74) is 1.79. The van der Waals surface area contributed by atoms with Crippen LogP contribution in [0.1, 0.15) is 34.8 Å². The van der Waals surface area contributed by atoms with Crippen LogP contribution in [-0.2, 0) is 0 Å². The van der Waals surface area contributed by atoms with Crippen LogP contribution >= 0.6 is 0 Å². The Morgan fingerprint density at radius 2 is 1.92 bits per heavy atom. The third kappa shape index (κ3) is 3.03. The summed E-state index contributed by atoms with van der Waals surface area (Å²) in [7, 11) is 0. The van der Waals surface area contributed by atoms with Crippen LogP contribution in [-0.4, -0.2) is 22.5 Å². The van der Waals surface area contributed by atoms with Crippen molar-refractivity contribution in [3.05, 3.63) is 65.7 Å². The zero-order valence-electron chi connectivity index (χ0n) is 13.4. The van der Waals surface area contributed by atoms with Crippen molar-refractivity contribution >= 4 is 16.9 Å². The second-order valence-electron chi connectivity index (χ2n) is 5.93. The number of nitrogens with one attached hydrogen (secondary N) is 1. The highest BCUT2D eigenvalue weighted by atomic mass is 19.1. The van der Waals surface area contributed by atoms with E-state index in [1.807, 2.05) is 24.3 Å². The number of amides is 1. The van der Waals surface area contributed by atoms with E-state index < -0.39 is 11.7 Å². The SMILES string of the molecule is O=C(NC1CCCOc2ccccc21)c1cc2nccnc2cc1F. The predicted octanol–water partition coefficient (Wildman–Crippen LogP) is 3.41. The fourth-order valence-corrected chi connectivity index (χ4v) is 3.07. The first-order chi connectivity index (χ1) is 12.2. The molecule has 1 unspecified atom stereocenters. The largest absolute Gasteiger partial charge is 0.493 e. The molecule has 1 atom stereocenters. The molecule has 3 aromatic rings. The third-order valence-electron chi connectivity index (χ3n) is 4.30. The summed E-state index contributed by atoms with van der Waals surface area (Å²) in [4.78, 5) is 20.8. The molecule has 0 aliphatic carbocycles. The van der Waals surface area contributed by atoms with Crippen LogP contribution in [0.4, 0.5) is 4.39 Å². The van der Waals surface area contributed by atoms with Crippen molar-refractivity contribution < 1.29 is 13.9 Å². The highest BCUT2D eigenvalue weighted by Crippen LogP contribution is 2.31. The lowest BCUT2D eigenvalue weighted by Crippen LogP contribution is -2.29. The Morgan fingerprint density at radius 1 is 1.16 bits per heavy atom. The van der Waals surface area contributed by atoms with Gasteiger partial charge < -0.3 is 10.1 Å². The van der Waals surface area contributed by atoms with Gasteiger partial charge in [0.25, 0.3) is 5.91 Å². The lowest BCUT2D eigenvalue weighted by molar-refractivity contribution is 0.0931. The highest BCUT2D eigenvalue weighted by molar-refractivity contribution is 5.97. The Morgan fingerprint density at radius 3 is 2.76 bits per heavy atom. The average molecular weight is 337 g/mol. The molecule has 25 heavy (non-hydrogen) atoms. The van der Waals surface area contributed by atoms with E-state index in [1.54, 1.807) is 0 Å². The number of hydrogen-bond donors (Lipinski definition) is 1. The summed E-state index contributed by atoms with van der Waals surface area (Å²) in [5.74, 6) is -0.314. The van der Waals surface area contributed by atoms with Crippen molar-refractivity contribution in [1.82, 2.24) is 15.3 Å². The van der Waals surface area contributed by atoms with E-state index in [9.17, 15) is 9.18 Å². The van der Waals surface area contributed by atoms with Gasteiger partial charge in [-0.3, -0.25) is 14.8 Å². The molecule has 1 N–H and O–H groups in total. The van der Waals surface area contributed by atoms with Crippen LogP contribution in [0.25, 0.3) is 11.0 Å². The number of carbonyl (C=O) groups is 1. The standard InChI is InChI=1S/C19H16FN3O2/c20-14-11-17-16(21-7-8-22-17)10-13(14)19(24)23-15-5-3-9-25-18-6-2-1-4-12(15)18/h1-2,4,6-8,10-11,15H,3,5,9H2,(H,23,24). The summed E-state index contributed by atoms with van der Waals surface area (Å²) in [6, 6.07) is 10.1. The first kappa shape index (κ1) is 15.5. The monoisotopic (exact) mass is 337 g/mol. The molecular formula is C19H16FN3O2. The van der Waals surface area contributed by atoms with Gasteiger partial charge in [-0.2, -0.15) is 0 Å². The van der Waals surface area contributed by atoms with Crippen molar-refractivity contribution in [2.24, 2.45) is 0 Å². The minimum atomic E-state index is -0.608. The molecule has 0 fully saturated rings. The number of ether oxygens (including phenoxy) is 1. The molecule has 0 radical (unpaired) electrons. The quantitative estimate of drug-likeness (QED) is 0.778. The van der Waals surface area contributed by atoms with Crippen LogP contribution in [0.15, 0.2) is 48.8 Å². The predicted molar refractivity (Wildman–Crippen MR) is 90.9 cm³/mol. The van der Waals surface area contributed by atoms with Crippen molar-refractivity contribution in [2.45, 2.75) is 18.9 Å². The van der Waals surface area contributed by atoms with E-state index in [4.69, 9.17) is 4.74 Å². The lowest BCUT2D eigenvalue weighted by Gasteiger charge is -2.18. The number of nitrogens with zero attached hydrogens (tertiary/aromatic N) is 2. The number of rotatable bonds is 2. The minimum Gasteiger partial charge on any atom is -0.493 e. The number of aromatic nitrogens is 2. The van der Waals surface area contributed by atoms with Gasteiger partial charge >= 0.3 is 0 Å². The van der Waals surface area contributed by atoms with Crippen LogP contribution in [0, 0.1) is 5.82 Å². The maximum Gasteiger partial charge on any atom is 0.254 e. The fraction of sp³-hybridized carbons (Fsp3) is 0.211. The van der Waals surface area contributed by atoms with Crippen molar-refractivity contribution in [2.75, 3.05) is 6.61 Å². The van der Waals surface area contributed by atoms with E-state index in [2.05, 4.69) is 15.3 Å².